The SMILES string of the molecule is CCC(OC1CCCCC1)C(=O)N[C@H]1CC[C@@H](C(=O)O)C1. The van der Waals surface area contributed by atoms with Gasteiger partial charge in [0.1, 0.15) is 6.10 Å². The van der Waals surface area contributed by atoms with Crippen molar-refractivity contribution in [3.8, 4) is 0 Å². The third-order valence-corrected chi connectivity index (χ3v) is 4.70. The molecule has 0 heterocycles. The van der Waals surface area contributed by atoms with E-state index in [4.69, 9.17) is 9.84 Å². The van der Waals surface area contributed by atoms with Crippen molar-refractivity contribution in [1.82, 2.24) is 5.32 Å². The van der Waals surface area contributed by atoms with Crippen LogP contribution in [0, 0.1) is 5.92 Å². The Morgan fingerprint density at radius 1 is 1.19 bits per heavy atom. The zero-order valence-corrected chi connectivity index (χ0v) is 12.8. The number of rotatable bonds is 6. The maximum Gasteiger partial charge on any atom is 0.306 e. The summed E-state index contributed by atoms with van der Waals surface area (Å²) in [6, 6.07) is -0.0115. The minimum Gasteiger partial charge on any atom is -0.481 e. The smallest absolute Gasteiger partial charge is 0.306 e. The van der Waals surface area contributed by atoms with Crippen LogP contribution in [-0.4, -0.2) is 35.2 Å². The summed E-state index contributed by atoms with van der Waals surface area (Å²) in [5.41, 5.74) is 0. The highest BCUT2D eigenvalue weighted by Crippen LogP contribution is 2.26. The first-order valence-electron chi connectivity index (χ1n) is 8.28. The van der Waals surface area contributed by atoms with Gasteiger partial charge < -0.3 is 15.2 Å². The Morgan fingerprint density at radius 2 is 1.90 bits per heavy atom. The third kappa shape index (κ3) is 4.70. The van der Waals surface area contributed by atoms with Crippen LogP contribution in [0.4, 0.5) is 0 Å². The second kappa shape index (κ2) is 7.78. The van der Waals surface area contributed by atoms with E-state index in [0.717, 1.165) is 19.3 Å². The fourth-order valence-electron chi connectivity index (χ4n) is 3.41. The van der Waals surface area contributed by atoms with E-state index >= 15 is 0 Å². The maximum atomic E-state index is 12.3. The predicted octanol–water partition coefficient (Wildman–Crippen LogP) is 2.48. The van der Waals surface area contributed by atoms with Crippen LogP contribution in [0.15, 0.2) is 0 Å². The number of carbonyl (C=O) groups is 2. The van der Waals surface area contributed by atoms with Crippen LogP contribution >= 0.6 is 0 Å². The Labute approximate surface area is 126 Å². The fraction of sp³-hybridized carbons (Fsp3) is 0.875. The highest BCUT2D eigenvalue weighted by atomic mass is 16.5. The van der Waals surface area contributed by atoms with Gasteiger partial charge >= 0.3 is 5.97 Å². The Bertz CT molecular complexity index is 365. The number of ether oxygens (including phenoxy) is 1. The molecule has 0 saturated heterocycles. The van der Waals surface area contributed by atoms with Gasteiger partial charge in [0.15, 0.2) is 0 Å². The summed E-state index contributed by atoms with van der Waals surface area (Å²) in [5.74, 6) is -1.13. The van der Waals surface area contributed by atoms with Crippen molar-refractivity contribution in [1.29, 1.82) is 0 Å². The lowest BCUT2D eigenvalue weighted by Gasteiger charge is -2.27. The maximum absolute atomic E-state index is 12.3. The predicted molar refractivity (Wildman–Crippen MR) is 78.9 cm³/mol. The van der Waals surface area contributed by atoms with Crippen LogP contribution in [-0.2, 0) is 14.3 Å². The number of carbonyl (C=O) groups excluding carboxylic acids is 1. The number of hydrogen-bond acceptors (Lipinski definition) is 3. The molecule has 2 saturated carbocycles. The molecule has 5 heteroatoms. The quantitative estimate of drug-likeness (QED) is 0.789. The van der Waals surface area contributed by atoms with Crippen molar-refractivity contribution in [3.63, 3.8) is 0 Å². The van der Waals surface area contributed by atoms with Gasteiger partial charge in [-0.2, -0.15) is 0 Å². The van der Waals surface area contributed by atoms with Crippen molar-refractivity contribution in [2.75, 3.05) is 0 Å². The molecule has 3 atom stereocenters. The normalized spacial score (nSPS) is 28.2. The number of aliphatic carboxylic acids is 1. The highest BCUT2D eigenvalue weighted by Gasteiger charge is 2.32. The lowest BCUT2D eigenvalue weighted by Crippen LogP contribution is -2.43. The fourth-order valence-corrected chi connectivity index (χ4v) is 3.41. The van der Waals surface area contributed by atoms with Crippen molar-refractivity contribution in [2.45, 2.75) is 83.0 Å². The van der Waals surface area contributed by atoms with Gasteiger partial charge in [-0.15, -0.1) is 0 Å². The largest absolute Gasteiger partial charge is 0.481 e. The molecule has 1 amide bonds. The summed E-state index contributed by atoms with van der Waals surface area (Å²) in [7, 11) is 0. The van der Waals surface area contributed by atoms with E-state index in [1.807, 2.05) is 6.92 Å². The van der Waals surface area contributed by atoms with Gasteiger partial charge in [0.25, 0.3) is 0 Å². The molecule has 0 radical (unpaired) electrons. The molecule has 1 unspecified atom stereocenters. The number of hydrogen-bond donors (Lipinski definition) is 2. The number of carboxylic acids is 1. The summed E-state index contributed by atoms with van der Waals surface area (Å²) in [6.07, 6.45) is 8.17. The zero-order valence-electron chi connectivity index (χ0n) is 12.8. The molecule has 2 aliphatic rings. The molecule has 2 N–H and O–H groups in total. The van der Waals surface area contributed by atoms with Gasteiger partial charge in [-0.05, 0) is 38.5 Å². The lowest BCUT2D eigenvalue weighted by molar-refractivity contribution is -0.142. The Hall–Kier alpha value is -1.10. The highest BCUT2D eigenvalue weighted by molar-refractivity contribution is 5.81. The van der Waals surface area contributed by atoms with Crippen LogP contribution in [0.1, 0.15) is 64.7 Å². The van der Waals surface area contributed by atoms with Crippen LogP contribution < -0.4 is 5.32 Å². The summed E-state index contributed by atoms with van der Waals surface area (Å²) in [5, 5.41) is 12.0. The van der Waals surface area contributed by atoms with Crippen molar-refractivity contribution in [3.05, 3.63) is 0 Å². The molecule has 2 fully saturated rings. The number of amides is 1. The number of nitrogens with one attached hydrogen (secondary N) is 1. The first kappa shape index (κ1) is 16.3. The molecular weight excluding hydrogens is 270 g/mol. The molecule has 0 aromatic heterocycles. The summed E-state index contributed by atoms with van der Waals surface area (Å²) in [4.78, 5) is 23.2. The zero-order chi connectivity index (χ0) is 15.2. The molecule has 120 valence electrons. The Kier molecular flexibility index (Phi) is 6.03. The van der Waals surface area contributed by atoms with Crippen molar-refractivity contribution < 1.29 is 19.4 Å². The number of carboxylic acid groups (broad SMARTS) is 1. The molecule has 0 spiro atoms. The Morgan fingerprint density at radius 3 is 2.48 bits per heavy atom. The molecule has 0 aliphatic heterocycles. The van der Waals surface area contributed by atoms with E-state index in [0.29, 0.717) is 19.3 Å². The van der Waals surface area contributed by atoms with Crippen LogP contribution in [0.5, 0.6) is 0 Å². The third-order valence-electron chi connectivity index (χ3n) is 4.70. The second-order valence-corrected chi connectivity index (χ2v) is 6.35. The van der Waals surface area contributed by atoms with Crippen molar-refractivity contribution in [2.24, 2.45) is 5.92 Å². The van der Waals surface area contributed by atoms with Gasteiger partial charge in [0, 0.05) is 6.04 Å². The summed E-state index contributed by atoms with van der Waals surface area (Å²) < 4.78 is 5.96. The minimum absolute atomic E-state index is 0.0115. The topological polar surface area (TPSA) is 75.6 Å². The van der Waals surface area contributed by atoms with E-state index in [-0.39, 0.29) is 24.0 Å². The average molecular weight is 297 g/mol. The van der Waals surface area contributed by atoms with E-state index in [9.17, 15) is 9.59 Å². The lowest BCUT2D eigenvalue weighted by atomic mass is 9.97. The summed E-state index contributed by atoms with van der Waals surface area (Å²) >= 11 is 0. The van der Waals surface area contributed by atoms with Gasteiger partial charge in [-0.1, -0.05) is 26.2 Å². The first-order valence-corrected chi connectivity index (χ1v) is 8.28. The molecule has 2 aliphatic carbocycles. The average Bonchev–Trinajstić information content (AvgIpc) is 2.94. The van der Waals surface area contributed by atoms with Gasteiger partial charge in [0.05, 0.1) is 12.0 Å². The van der Waals surface area contributed by atoms with Crippen LogP contribution in [0.2, 0.25) is 0 Å². The molecular formula is C16H27NO4. The van der Waals surface area contributed by atoms with Gasteiger partial charge in [-0.3, -0.25) is 9.59 Å². The standard InChI is InChI=1S/C16H27NO4/c1-2-14(21-13-6-4-3-5-7-13)15(18)17-12-9-8-11(10-12)16(19)20/h11-14H,2-10H2,1H3,(H,17,18)(H,19,20)/t11-,12+,14?/m1/s1. The molecule has 21 heavy (non-hydrogen) atoms. The van der Waals surface area contributed by atoms with E-state index < -0.39 is 12.1 Å². The molecule has 0 bridgehead atoms. The molecule has 5 nitrogen and oxygen atoms in total. The minimum atomic E-state index is -0.753. The van der Waals surface area contributed by atoms with Gasteiger partial charge in [-0.25, -0.2) is 0 Å². The summed E-state index contributed by atoms with van der Waals surface area (Å²) in [6.45, 7) is 1.96. The van der Waals surface area contributed by atoms with E-state index in [1.54, 1.807) is 0 Å². The Balaban J connectivity index is 1.78. The van der Waals surface area contributed by atoms with Crippen LogP contribution in [0.3, 0.4) is 0 Å². The van der Waals surface area contributed by atoms with E-state index in [2.05, 4.69) is 5.32 Å². The second-order valence-electron chi connectivity index (χ2n) is 6.35. The molecule has 2 rings (SSSR count). The molecule has 0 aromatic rings. The molecule has 0 aromatic carbocycles. The van der Waals surface area contributed by atoms with E-state index in [1.165, 1.54) is 19.3 Å². The first-order chi connectivity index (χ1) is 10.1. The van der Waals surface area contributed by atoms with Crippen LogP contribution in [0.25, 0.3) is 0 Å². The van der Waals surface area contributed by atoms with Gasteiger partial charge in [0.2, 0.25) is 5.91 Å². The van der Waals surface area contributed by atoms with Crippen molar-refractivity contribution >= 4 is 11.9 Å². The monoisotopic (exact) mass is 297 g/mol.